The molecular formula is C42H30N2. The van der Waals surface area contributed by atoms with Crippen molar-refractivity contribution in [2.75, 3.05) is 0 Å². The Hall–Kier alpha value is -5.60. The van der Waals surface area contributed by atoms with Gasteiger partial charge in [-0.25, -0.2) is 0 Å². The summed E-state index contributed by atoms with van der Waals surface area (Å²) < 4.78 is 4.94. The minimum absolute atomic E-state index is 0.395. The van der Waals surface area contributed by atoms with E-state index < -0.39 is 0 Å². The molecule has 0 N–H and O–H groups in total. The third-order valence-corrected chi connectivity index (χ3v) is 9.25. The molecular weight excluding hydrogens is 532 g/mol. The maximum absolute atomic E-state index is 2.50. The summed E-state index contributed by atoms with van der Waals surface area (Å²) in [6, 6.07) is 52.8. The number of hydrogen-bond acceptors (Lipinski definition) is 0. The largest absolute Gasteiger partial charge is 0.309 e. The number of allylic oxidation sites excluding steroid dienone is 4. The molecule has 8 aromatic rings. The second-order valence-corrected chi connectivity index (χ2v) is 11.7. The van der Waals surface area contributed by atoms with E-state index in [4.69, 9.17) is 0 Å². The molecule has 0 saturated heterocycles. The van der Waals surface area contributed by atoms with Crippen LogP contribution in [-0.4, -0.2) is 9.13 Å². The van der Waals surface area contributed by atoms with Crippen molar-refractivity contribution in [2.24, 2.45) is 0 Å². The van der Waals surface area contributed by atoms with E-state index >= 15 is 0 Å². The predicted octanol–water partition coefficient (Wildman–Crippen LogP) is 11.1. The number of nitrogens with zero attached hydrogens (tertiary/aromatic N) is 2. The molecule has 2 heterocycles. The van der Waals surface area contributed by atoms with Crippen molar-refractivity contribution in [3.63, 3.8) is 0 Å². The van der Waals surface area contributed by atoms with Gasteiger partial charge in [0.2, 0.25) is 0 Å². The van der Waals surface area contributed by atoms with E-state index in [9.17, 15) is 0 Å². The van der Waals surface area contributed by atoms with Crippen LogP contribution in [0, 0.1) is 0 Å². The van der Waals surface area contributed by atoms with Gasteiger partial charge < -0.3 is 9.13 Å². The topological polar surface area (TPSA) is 9.86 Å². The molecule has 1 atom stereocenters. The van der Waals surface area contributed by atoms with Crippen LogP contribution < -0.4 is 0 Å². The lowest BCUT2D eigenvalue weighted by Gasteiger charge is -2.19. The molecule has 2 nitrogen and oxygen atoms in total. The molecule has 0 saturated carbocycles. The fourth-order valence-corrected chi connectivity index (χ4v) is 7.23. The average molecular weight is 563 g/mol. The summed E-state index contributed by atoms with van der Waals surface area (Å²) in [6.07, 6.45) is 8.11. The first-order valence-corrected chi connectivity index (χ1v) is 15.4. The summed E-state index contributed by atoms with van der Waals surface area (Å²) >= 11 is 0. The normalized spacial score (nSPS) is 15.0. The van der Waals surface area contributed by atoms with Gasteiger partial charge in [-0.05, 0) is 59.5 Å². The fraction of sp³-hybridized carbons (Fsp3) is 0.0476. The van der Waals surface area contributed by atoms with Gasteiger partial charge in [-0.3, -0.25) is 0 Å². The van der Waals surface area contributed by atoms with Crippen LogP contribution >= 0.6 is 0 Å². The SMILES string of the molecule is C1=CC(c2ccccc2)CC=C1n1c2ccccc2c2ccc3c(c4ccccc4n3-c3cccc(-c4ccccc4)c3)c21. The standard InChI is InChI=1S/C42H30N2/c1-3-12-29(13-4-1)31-22-24-33(25-23-31)44-38-20-9-7-18-35(38)36-26-27-40-41(42(36)44)37-19-8-10-21-39(37)43(40)34-17-11-16-32(28-34)30-14-5-2-6-15-30/h1-22,24-28,31H,23H2. The monoisotopic (exact) mass is 562 g/mol. The van der Waals surface area contributed by atoms with Crippen LogP contribution in [0.25, 0.3) is 66.1 Å². The van der Waals surface area contributed by atoms with Crippen LogP contribution in [0.2, 0.25) is 0 Å². The first-order valence-electron chi connectivity index (χ1n) is 15.4. The molecule has 208 valence electrons. The van der Waals surface area contributed by atoms with E-state index in [0.29, 0.717) is 5.92 Å². The molecule has 0 fully saturated rings. The van der Waals surface area contributed by atoms with E-state index in [2.05, 4.69) is 173 Å². The number of rotatable bonds is 4. The van der Waals surface area contributed by atoms with Crippen LogP contribution in [0.5, 0.6) is 0 Å². The highest BCUT2D eigenvalue weighted by Gasteiger charge is 2.22. The van der Waals surface area contributed by atoms with Crippen LogP contribution in [0.4, 0.5) is 0 Å². The van der Waals surface area contributed by atoms with Gasteiger partial charge in [0, 0.05) is 38.8 Å². The van der Waals surface area contributed by atoms with Crippen LogP contribution in [0.1, 0.15) is 17.9 Å². The highest BCUT2D eigenvalue weighted by molar-refractivity contribution is 6.26. The minimum Gasteiger partial charge on any atom is -0.309 e. The lowest BCUT2D eigenvalue weighted by Crippen LogP contribution is -2.03. The molecule has 6 aromatic carbocycles. The molecule has 44 heavy (non-hydrogen) atoms. The molecule has 1 aliphatic carbocycles. The Morgan fingerprint density at radius 1 is 0.500 bits per heavy atom. The molecule has 1 unspecified atom stereocenters. The highest BCUT2D eigenvalue weighted by atomic mass is 15.0. The molecule has 0 radical (unpaired) electrons. The summed E-state index contributed by atoms with van der Waals surface area (Å²) in [5.74, 6) is 0.395. The lowest BCUT2D eigenvalue weighted by molar-refractivity contribution is 0.850. The molecule has 0 spiro atoms. The van der Waals surface area contributed by atoms with Gasteiger partial charge in [0.1, 0.15) is 0 Å². The van der Waals surface area contributed by atoms with E-state index in [1.165, 1.54) is 71.7 Å². The Labute approximate surface area is 256 Å². The number of benzene rings is 6. The smallest absolute Gasteiger partial charge is 0.0641 e. The molecule has 2 heteroatoms. The van der Waals surface area contributed by atoms with Gasteiger partial charge in [-0.1, -0.05) is 127 Å². The first-order chi connectivity index (χ1) is 21.8. The molecule has 9 rings (SSSR count). The third kappa shape index (κ3) is 3.81. The van der Waals surface area contributed by atoms with Gasteiger partial charge in [-0.15, -0.1) is 0 Å². The third-order valence-electron chi connectivity index (χ3n) is 9.25. The zero-order valence-corrected chi connectivity index (χ0v) is 24.3. The Bertz CT molecular complexity index is 2400. The van der Waals surface area contributed by atoms with Crippen molar-refractivity contribution in [1.29, 1.82) is 0 Å². The van der Waals surface area contributed by atoms with Crippen molar-refractivity contribution in [3.05, 3.63) is 169 Å². The van der Waals surface area contributed by atoms with E-state index in [1.54, 1.807) is 0 Å². The van der Waals surface area contributed by atoms with Gasteiger partial charge >= 0.3 is 0 Å². The molecule has 0 aliphatic heterocycles. The van der Waals surface area contributed by atoms with Crippen molar-refractivity contribution in [1.82, 2.24) is 9.13 Å². The van der Waals surface area contributed by atoms with Gasteiger partial charge in [0.25, 0.3) is 0 Å². The fourth-order valence-electron chi connectivity index (χ4n) is 7.23. The molecule has 0 amide bonds. The average Bonchev–Trinajstić information content (AvgIpc) is 3.62. The summed E-state index contributed by atoms with van der Waals surface area (Å²) in [7, 11) is 0. The maximum atomic E-state index is 2.50. The Morgan fingerprint density at radius 3 is 1.95 bits per heavy atom. The number of hydrogen-bond donors (Lipinski definition) is 0. The maximum Gasteiger partial charge on any atom is 0.0641 e. The van der Waals surface area contributed by atoms with Gasteiger partial charge in [-0.2, -0.15) is 0 Å². The lowest BCUT2D eigenvalue weighted by atomic mass is 9.92. The molecule has 2 aromatic heterocycles. The minimum atomic E-state index is 0.395. The second-order valence-electron chi connectivity index (χ2n) is 11.7. The number of fused-ring (bicyclic) bond motifs is 7. The number of aromatic nitrogens is 2. The Kier molecular flexibility index (Phi) is 5.67. The predicted molar refractivity (Wildman–Crippen MR) is 186 cm³/mol. The zero-order chi connectivity index (χ0) is 29.0. The van der Waals surface area contributed by atoms with E-state index in [1.807, 2.05) is 0 Å². The van der Waals surface area contributed by atoms with E-state index in [-0.39, 0.29) is 0 Å². The van der Waals surface area contributed by atoms with Gasteiger partial charge in [0.05, 0.1) is 22.1 Å². The van der Waals surface area contributed by atoms with Crippen LogP contribution in [0.15, 0.2) is 164 Å². The zero-order valence-electron chi connectivity index (χ0n) is 24.3. The second kappa shape index (κ2) is 10.00. The molecule has 0 bridgehead atoms. The summed E-state index contributed by atoms with van der Waals surface area (Å²) in [5, 5.41) is 5.13. The van der Waals surface area contributed by atoms with Crippen molar-refractivity contribution in [2.45, 2.75) is 12.3 Å². The van der Waals surface area contributed by atoms with E-state index in [0.717, 1.165) is 6.42 Å². The summed E-state index contributed by atoms with van der Waals surface area (Å²) in [4.78, 5) is 0. The quantitative estimate of drug-likeness (QED) is 0.202. The number of para-hydroxylation sites is 2. The Balaban J connectivity index is 1.31. The van der Waals surface area contributed by atoms with Crippen LogP contribution in [0.3, 0.4) is 0 Å². The van der Waals surface area contributed by atoms with Gasteiger partial charge in [0.15, 0.2) is 0 Å². The highest BCUT2D eigenvalue weighted by Crippen LogP contribution is 2.43. The van der Waals surface area contributed by atoms with Crippen molar-refractivity contribution in [3.8, 4) is 16.8 Å². The van der Waals surface area contributed by atoms with Crippen LogP contribution in [-0.2, 0) is 0 Å². The Morgan fingerprint density at radius 2 is 1.18 bits per heavy atom. The summed E-state index contributed by atoms with van der Waals surface area (Å²) in [6.45, 7) is 0. The summed E-state index contributed by atoms with van der Waals surface area (Å²) in [5.41, 5.74) is 11.2. The first kappa shape index (κ1) is 24.9. The van der Waals surface area contributed by atoms with Crippen molar-refractivity contribution >= 4 is 49.3 Å². The molecule has 1 aliphatic rings. The van der Waals surface area contributed by atoms with Crippen molar-refractivity contribution < 1.29 is 0 Å².